The predicted molar refractivity (Wildman–Crippen MR) is 120 cm³/mol. The number of nitrogens with zero attached hydrogens (tertiary/aromatic N) is 2. The zero-order chi connectivity index (χ0) is 17.9. The molecule has 1 atom stereocenters. The third kappa shape index (κ3) is 8.68. The second-order valence-electron chi connectivity index (χ2n) is 6.81. The summed E-state index contributed by atoms with van der Waals surface area (Å²) in [4.78, 5) is 6.99. The summed E-state index contributed by atoms with van der Waals surface area (Å²) in [5.41, 5.74) is 8.46. The minimum Gasteiger partial charge on any atom is -0.382 e. The largest absolute Gasteiger partial charge is 0.382 e. The average molecular weight is 474 g/mol. The zero-order valence-corrected chi connectivity index (χ0v) is 18.6. The van der Waals surface area contributed by atoms with Crippen molar-refractivity contribution < 1.29 is 4.74 Å². The zero-order valence-electron chi connectivity index (χ0n) is 16.2. The summed E-state index contributed by atoms with van der Waals surface area (Å²) < 4.78 is 5.29. The summed E-state index contributed by atoms with van der Waals surface area (Å²) >= 11 is 0. The van der Waals surface area contributed by atoms with E-state index in [9.17, 15) is 0 Å². The Labute approximate surface area is 175 Å². The first-order valence-corrected chi connectivity index (χ1v) is 9.62. The molecule has 6 heteroatoms. The maximum Gasteiger partial charge on any atom is 0.188 e. The van der Waals surface area contributed by atoms with E-state index in [2.05, 4.69) is 46.4 Å². The Balaban J connectivity index is 0.00000338. The van der Waals surface area contributed by atoms with Gasteiger partial charge in [0.25, 0.3) is 0 Å². The van der Waals surface area contributed by atoms with E-state index in [0.717, 1.165) is 32.7 Å². The van der Waals surface area contributed by atoms with Crippen LogP contribution in [0.3, 0.4) is 0 Å². The van der Waals surface area contributed by atoms with Crippen LogP contribution in [0.5, 0.6) is 0 Å². The van der Waals surface area contributed by atoms with Gasteiger partial charge < -0.3 is 15.8 Å². The Morgan fingerprint density at radius 1 is 1.27 bits per heavy atom. The normalized spacial score (nSPS) is 18.4. The molecule has 5 nitrogen and oxygen atoms in total. The highest BCUT2D eigenvalue weighted by atomic mass is 127. The molecular formula is C20H35IN4O. The van der Waals surface area contributed by atoms with Crippen LogP contribution in [0.25, 0.3) is 0 Å². The quantitative estimate of drug-likeness (QED) is 0.249. The van der Waals surface area contributed by atoms with Crippen molar-refractivity contribution in [2.24, 2.45) is 10.7 Å². The van der Waals surface area contributed by atoms with E-state index in [1.807, 2.05) is 6.92 Å². The fraction of sp³-hybridized carbons (Fsp3) is 0.650. The maximum absolute atomic E-state index is 5.90. The highest BCUT2D eigenvalue weighted by Crippen LogP contribution is 2.19. The Kier molecular flexibility index (Phi) is 11.9. The van der Waals surface area contributed by atoms with Crippen molar-refractivity contribution in [2.45, 2.75) is 58.7 Å². The standard InChI is InChI=1S/C20H34N4O.HI/c1-3-25-14-6-12-22-20(21)23-15-18-8-10-19(11-9-18)16-24-13-5-4-7-17(24)2;/h8-11,17H,3-7,12-16H2,1-2H3,(H3,21,22,23);1H. The second-order valence-corrected chi connectivity index (χ2v) is 6.81. The van der Waals surface area contributed by atoms with E-state index in [0.29, 0.717) is 18.5 Å². The number of rotatable bonds is 9. The number of nitrogens with one attached hydrogen (secondary N) is 1. The smallest absolute Gasteiger partial charge is 0.188 e. The molecule has 0 spiro atoms. The summed E-state index contributed by atoms with van der Waals surface area (Å²) in [5, 5.41) is 3.12. The number of ether oxygens (including phenoxy) is 1. The Morgan fingerprint density at radius 3 is 2.69 bits per heavy atom. The lowest BCUT2D eigenvalue weighted by Crippen LogP contribution is -2.36. The van der Waals surface area contributed by atoms with Crippen LogP contribution in [0.15, 0.2) is 29.3 Å². The minimum atomic E-state index is 0. The number of nitrogens with two attached hydrogens (primary N) is 1. The van der Waals surface area contributed by atoms with Crippen LogP contribution in [-0.2, 0) is 17.8 Å². The van der Waals surface area contributed by atoms with Gasteiger partial charge in [-0.2, -0.15) is 0 Å². The van der Waals surface area contributed by atoms with Gasteiger partial charge in [-0.1, -0.05) is 30.7 Å². The number of hydrogen-bond donors (Lipinski definition) is 2. The molecule has 1 heterocycles. The highest BCUT2D eigenvalue weighted by Gasteiger charge is 2.17. The van der Waals surface area contributed by atoms with E-state index >= 15 is 0 Å². The van der Waals surface area contributed by atoms with Crippen LogP contribution >= 0.6 is 24.0 Å². The van der Waals surface area contributed by atoms with Crippen LogP contribution in [0, 0.1) is 0 Å². The lowest BCUT2D eigenvalue weighted by Gasteiger charge is -2.33. The van der Waals surface area contributed by atoms with Gasteiger partial charge in [0.15, 0.2) is 5.96 Å². The van der Waals surface area contributed by atoms with Crippen molar-refractivity contribution in [3.05, 3.63) is 35.4 Å². The van der Waals surface area contributed by atoms with Crippen molar-refractivity contribution in [2.75, 3.05) is 26.3 Å². The van der Waals surface area contributed by atoms with Crippen LogP contribution in [0.4, 0.5) is 0 Å². The van der Waals surface area contributed by atoms with Gasteiger partial charge in [-0.05, 0) is 50.8 Å². The number of guanidine groups is 1. The summed E-state index contributed by atoms with van der Waals surface area (Å²) in [6.07, 6.45) is 4.96. The van der Waals surface area contributed by atoms with Gasteiger partial charge in [0.1, 0.15) is 0 Å². The van der Waals surface area contributed by atoms with E-state index in [1.54, 1.807) is 0 Å². The molecule has 0 radical (unpaired) electrons. The first-order valence-electron chi connectivity index (χ1n) is 9.62. The summed E-state index contributed by atoms with van der Waals surface area (Å²) in [7, 11) is 0. The molecule has 0 amide bonds. The predicted octanol–water partition coefficient (Wildman–Crippen LogP) is 3.51. The molecule has 3 N–H and O–H groups in total. The first-order chi connectivity index (χ1) is 12.2. The third-order valence-electron chi connectivity index (χ3n) is 4.76. The van der Waals surface area contributed by atoms with Gasteiger partial charge in [-0.25, -0.2) is 4.99 Å². The summed E-state index contributed by atoms with van der Waals surface area (Å²) in [6.45, 7) is 9.54. The van der Waals surface area contributed by atoms with Gasteiger partial charge in [0.2, 0.25) is 0 Å². The monoisotopic (exact) mass is 474 g/mol. The topological polar surface area (TPSA) is 62.9 Å². The van der Waals surface area contributed by atoms with Gasteiger partial charge in [-0.3, -0.25) is 4.90 Å². The SMILES string of the molecule is CCOCCCNC(N)=NCc1ccc(CN2CCCCC2C)cc1.I. The Bertz CT molecular complexity index is 521. The van der Waals surface area contributed by atoms with Crippen molar-refractivity contribution >= 4 is 29.9 Å². The molecular weight excluding hydrogens is 439 g/mol. The van der Waals surface area contributed by atoms with E-state index in [-0.39, 0.29) is 24.0 Å². The number of hydrogen-bond acceptors (Lipinski definition) is 3. The number of aliphatic imine (C=N–C) groups is 1. The molecule has 2 rings (SSSR count). The Morgan fingerprint density at radius 2 is 2.00 bits per heavy atom. The number of likely N-dealkylation sites (tertiary alicyclic amines) is 1. The molecule has 1 aliphatic rings. The highest BCUT2D eigenvalue weighted by molar-refractivity contribution is 14.0. The number of piperidine rings is 1. The van der Waals surface area contributed by atoms with E-state index < -0.39 is 0 Å². The number of benzene rings is 1. The second kappa shape index (κ2) is 13.3. The molecule has 0 aromatic heterocycles. The molecule has 1 saturated heterocycles. The molecule has 1 fully saturated rings. The van der Waals surface area contributed by atoms with Gasteiger partial charge >= 0.3 is 0 Å². The first kappa shape index (κ1) is 23.2. The van der Waals surface area contributed by atoms with Crippen molar-refractivity contribution in [1.82, 2.24) is 10.2 Å². The van der Waals surface area contributed by atoms with Crippen LogP contribution < -0.4 is 11.1 Å². The minimum absolute atomic E-state index is 0. The lowest BCUT2D eigenvalue weighted by atomic mass is 10.0. The van der Waals surface area contributed by atoms with Gasteiger partial charge in [0, 0.05) is 32.3 Å². The van der Waals surface area contributed by atoms with Gasteiger partial charge in [-0.15, -0.1) is 24.0 Å². The van der Waals surface area contributed by atoms with Crippen LogP contribution in [0.1, 0.15) is 50.7 Å². The molecule has 1 aliphatic heterocycles. The van der Waals surface area contributed by atoms with Crippen molar-refractivity contribution in [3.63, 3.8) is 0 Å². The van der Waals surface area contributed by atoms with Crippen molar-refractivity contribution in [3.8, 4) is 0 Å². The van der Waals surface area contributed by atoms with Crippen LogP contribution in [0.2, 0.25) is 0 Å². The van der Waals surface area contributed by atoms with Crippen molar-refractivity contribution in [1.29, 1.82) is 0 Å². The van der Waals surface area contributed by atoms with E-state index in [4.69, 9.17) is 10.5 Å². The fourth-order valence-electron chi connectivity index (χ4n) is 3.14. The molecule has 1 unspecified atom stereocenters. The van der Waals surface area contributed by atoms with Crippen LogP contribution in [-0.4, -0.2) is 43.2 Å². The number of halogens is 1. The lowest BCUT2D eigenvalue weighted by molar-refractivity contribution is 0.145. The summed E-state index contributed by atoms with van der Waals surface area (Å²) in [5.74, 6) is 0.503. The summed E-state index contributed by atoms with van der Waals surface area (Å²) in [6, 6.07) is 9.47. The maximum atomic E-state index is 5.90. The van der Waals surface area contributed by atoms with Gasteiger partial charge in [0.05, 0.1) is 6.54 Å². The molecule has 0 bridgehead atoms. The fourth-order valence-corrected chi connectivity index (χ4v) is 3.14. The van der Waals surface area contributed by atoms with E-state index in [1.165, 1.54) is 36.9 Å². The third-order valence-corrected chi connectivity index (χ3v) is 4.76. The molecule has 148 valence electrons. The molecule has 1 aromatic carbocycles. The molecule has 0 saturated carbocycles. The average Bonchev–Trinajstić information content (AvgIpc) is 2.63. The molecule has 1 aromatic rings. The Hall–Kier alpha value is -0.860. The molecule has 0 aliphatic carbocycles. The molecule has 26 heavy (non-hydrogen) atoms.